The zero-order valence-corrected chi connectivity index (χ0v) is 10.5. The van der Waals surface area contributed by atoms with E-state index in [1.54, 1.807) is 0 Å². The average molecular weight is 231 g/mol. The van der Waals surface area contributed by atoms with Crippen LogP contribution in [0.25, 0.3) is 0 Å². The van der Waals surface area contributed by atoms with Crippen molar-refractivity contribution in [2.24, 2.45) is 5.92 Å². The lowest BCUT2D eigenvalue weighted by molar-refractivity contribution is -0.125. The Bertz CT molecular complexity index is 468. The Morgan fingerprint density at radius 1 is 1.18 bits per heavy atom. The molecule has 1 saturated heterocycles. The zero-order chi connectivity index (χ0) is 12.6. The third-order valence-electron chi connectivity index (χ3n) is 3.36. The minimum absolute atomic E-state index is 0.130. The standard InChI is InChI=1S/C14H17NO2/c1-8-4-9(2)12(10(3)5-8)6-11-7-13(16)15-14(11)17/h4-5,11H,6-7H2,1-3H3,(H,15,16,17). The molecule has 0 radical (unpaired) electrons. The van der Waals surface area contributed by atoms with Crippen molar-refractivity contribution in [1.29, 1.82) is 0 Å². The lowest BCUT2D eigenvalue weighted by atomic mass is 9.90. The lowest BCUT2D eigenvalue weighted by Crippen LogP contribution is -2.23. The average Bonchev–Trinajstić information content (AvgIpc) is 2.51. The molecule has 3 heteroatoms. The first-order valence-electron chi connectivity index (χ1n) is 5.88. The fourth-order valence-corrected chi connectivity index (χ4v) is 2.55. The molecule has 1 aromatic rings. The van der Waals surface area contributed by atoms with Crippen molar-refractivity contribution < 1.29 is 9.59 Å². The van der Waals surface area contributed by atoms with E-state index in [1.165, 1.54) is 22.3 Å². The van der Waals surface area contributed by atoms with Crippen molar-refractivity contribution in [3.05, 3.63) is 34.4 Å². The highest BCUT2D eigenvalue weighted by Crippen LogP contribution is 2.23. The number of carbonyl (C=O) groups is 2. The Morgan fingerprint density at radius 2 is 1.76 bits per heavy atom. The molecular weight excluding hydrogens is 214 g/mol. The van der Waals surface area contributed by atoms with Crippen LogP contribution in [0.3, 0.4) is 0 Å². The Balaban J connectivity index is 2.25. The molecule has 90 valence electrons. The maximum absolute atomic E-state index is 11.5. The van der Waals surface area contributed by atoms with E-state index in [0.29, 0.717) is 12.8 Å². The van der Waals surface area contributed by atoms with Crippen molar-refractivity contribution in [2.75, 3.05) is 0 Å². The first-order valence-corrected chi connectivity index (χ1v) is 5.88. The van der Waals surface area contributed by atoms with Crippen LogP contribution in [0.1, 0.15) is 28.7 Å². The predicted molar refractivity (Wildman–Crippen MR) is 65.6 cm³/mol. The van der Waals surface area contributed by atoms with Crippen LogP contribution in [-0.2, 0) is 16.0 Å². The molecule has 1 N–H and O–H groups in total. The number of rotatable bonds is 2. The van der Waals surface area contributed by atoms with E-state index < -0.39 is 0 Å². The summed E-state index contributed by atoms with van der Waals surface area (Å²) >= 11 is 0. The van der Waals surface area contributed by atoms with Crippen LogP contribution >= 0.6 is 0 Å². The van der Waals surface area contributed by atoms with E-state index in [9.17, 15) is 9.59 Å². The van der Waals surface area contributed by atoms with Crippen molar-refractivity contribution in [2.45, 2.75) is 33.6 Å². The van der Waals surface area contributed by atoms with Crippen LogP contribution < -0.4 is 5.32 Å². The van der Waals surface area contributed by atoms with Crippen molar-refractivity contribution in [1.82, 2.24) is 5.32 Å². The van der Waals surface area contributed by atoms with Gasteiger partial charge in [-0.1, -0.05) is 17.7 Å². The first kappa shape index (κ1) is 11.8. The van der Waals surface area contributed by atoms with Gasteiger partial charge in [-0.05, 0) is 43.9 Å². The molecule has 3 nitrogen and oxygen atoms in total. The Hall–Kier alpha value is -1.64. The van der Waals surface area contributed by atoms with Crippen LogP contribution in [-0.4, -0.2) is 11.8 Å². The highest BCUT2D eigenvalue weighted by atomic mass is 16.2. The first-order chi connectivity index (χ1) is 7.97. The third kappa shape index (κ3) is 2.38. The van der Waals surface area contributed by atoms with Crippen LogP contribution in [0.2, 0.25) is 0 Å². The normalized spacial score (nSPS) is 19.6. The second-order valence-corrected chi connectivity index (χ2v) is 4.89. The number of hydrogen-bond donors (Lipinski definition) is 1. The smallest absolute Gasteiger partial charge is 0.230 e. The summed E-state index contributed by atoms with van der Waals surface area (Å²) in [4.78, 5) is 22.7. The fraction of sp³-hybridized carbons (Fsp3) is 0.429. The molecular formula is C14H17NO2. The molecule has 0 spiro atoms. The predicted octanol–water partition coefficient (Wildman–Crippen LogP) is 1.82. The summed E-state index contributed by atoms with van der Waals surface area (Å²) in [5, 5.41) is 2.36. The second-order valence-electron chi connectivity index (χ2n) is 4.89. The molecule has 2 amide bonds. The maximum atomic E-state index is 11.5. The number of imide groups is 1. The van der Waals surface area contributed by atoms with Gasteiger partial charge in [0.2, 0.25) is 11.8 Å². The molecule has 1 heterocycles. The van der Waals surface area contributed by atoms with Gasteiger partial charge in [-0.3, -0.25) is 14.9 Å². The Labute approximate surface area is 101 Å². The van der Waals surface area contributed by atoms with Crippen LogP contribution in [0.15, 0.2) is 12.1 Å². The van der Waals surface area contributed by atoms with Gasteiger partial charge in [-0.25, -0.2) is 0 Å². The number of aryl methyl sites for hydroxylation is 3. The molecule has 1 aliphatic rings. The van der Waals surface area contributed by atoms with Gasteiger partial charge in [-0.15, -0.1) is 0 Å². The molecule has 1 atom stereocenters. The Morgan fingerprint density at radius 3 is 2.24 bits per heavy atom. The molecule has 0 aliphatic carbocycles. The molecule has 2 rings (SSSR count). The van der Waals surface area contributed by atoms with E-state index in [1.807, 2.05) is 0 Å². The molecule has 1 unspecified atom stereocenters. The monoisotopic (exact) mass is 231 g/mol. The van der Waals surface area contributed by atoms with Crippen LogP contribution in [0, 0.1) is 26.7 Å². The summed E-state index contributed by atoms with van der Waals surface area (Å²) in [6.07, 6.45) is 0.987. The van der Waals surface area contributed by atoms with Gasteiger partial charge < -0.3 is 0 Å². The van der Waals surface area contributed by atoms with Crippen molar-refractivity contribution in [3.8, 4) is 0 Å². The summed E-state index contributed by atoms with van der Waals surface area (Å²) in [6, 6.07) is 4.24. The third-order valence-corrected chi connectivity index (χ3v) is 3.36. The van der Waals surface area contributed by atoms with Gasteiger partial charge in [-0.2, -0.15) is 0 Å². The largest absolute Gasteiger partial charge is 0.296 e. The quantitative estimate of drug-likeness (QED) is 0.789. The topological polar surface area (TPSA) is 46.2 Å². The summed E-state index contributed by atoms with van der Waals surface area (Å²) in [6.45, 7) is 6.18. The van der Waals surface area contributed by atoms with E-state index in [0.717, 1.165) is 0 Å². The number of nitrogens with one attached hydrogen (secondary N) is 1. The second kappa shape index (κ2) is 4.32. The summed E-state index contributed by atoms with van der Waals surface area (Å²) in [5.41, 5.74) is 4.84. The fourth-order valence-electron chi connectivity index (χ4n) is 2.55. The van der Waals surface area contributed by atoms with Crippen LogP contribution in [0.4, 0.5) is 0 Å². The number of carbonyl (C=O) groups excluding carboxylic acids is 2. The molecule has 0 saturated carbocycles. The van der Waals surface area contributed by atoms with E-state index in [-0.39, 0.29) is 17.7 Å². The van der Waals surface area contributed by atoms with Crippen molar-refractivity contribution in [3.63, 3.8) is 0 Å². The minimum Gasteiger partial charge on any atom is -0.296 e. The van der Waals surface area contributed by atoms with Gasteiger partial charge in [0.1, 0.15) is 0 Å². The van der Waals surface area contributed by atoms with Gasteiger partial charge in [0.25, 0.3) is 0 Å². The number of amides is 2. The van der Waals surface area contributed by atoms with E-state index in [4.69, 9.17) is 0 Å². The highest BCUT2D eigenvalue weighted by molar-refractivity contribution is 6.03. The van der Waals surface area contributed by atoms with E-state index in [2.05, 4.69) is 38.2 Å². The van der Waals surface area contributed by atoms with Gasteiger partial charge >= 0.3 is 0 Å². The summed E-state index contributed by atoms with van der Waals surface area (Å²) in [5.74, 6) is -0.473. The van der Waals surface area contributed by atoms with Gasteiger partial charge in [0, 0.05) is 6.42 Å². The SMILES string of the molecule is Cc1cc(C)c(CC2CC(=O)NC2=O)c(C)c1. The molecule has 0 bridgehead atoms. The van der Waals surface area contributed by atoms with Crippen LogP contribution in [0.5, 0.6) is 0 Å². The van der Waals surface area contributed by atoms with Crippen molar-refractivity contribution >= 4 is 11.8 Å². The molecule has 17 heavy (non-hydrogen) atoms. The van der Waals surface area contributed by atoms with Gasteiger partial charge in [0.15, 0.2) is 0 Å². The molecule has 0 aromatic heterocycles. The Kier molecular flexibility index (Phi) is 3.01. The zero-order valence-electron chi connectivity index (χ0n) is 10.5. The minimum atomic E-state index is -0.192. The summed E-state index contributed by atoms with van der Waals surface area (Å²) in [7, 11) is 0. The van der Waals surface area contributed by atoms with E-state index >= 15 is 0 Å². The molecule has 1 fully saturated rings. The highest BCUT2D eigenvalue weighted by Gasteiger charge is 2.31. The lowest BCUT2D eigenvalue weighted by Gasteiger charge is -2.13. The summed E-state index contributed by atoms with van der Waals surface area (Å²) < 4.78 is 0. The number of hydrogen-bond acceptors (Lipinski definition) is 2. The molecule has 1 aliphatic heterocycles. The van der Waals surface area contributed by atoms with Gasteiger partial charge in [0.05, 0.1) is 5.92 Å². The molecule has 1 aromatic carbocycles. The number of benzene rings is 1. The maximum Gasteiger partial charge on any atom is 0.230 e.